The number of nitrogens with one attached hydrogen (secondary N) is 2. The molecule has 1 heterocycles. The zero-order valence-corrected chi connectivity index (χ0v) is 19.5. The first-order chi connectivity index (χ1) is 16.6. The van der Waals surface area contributed by atoms with Crippen molar-refractivity contribution in [3.63, 3.8) is 0 Å². The fraction of sp³-hybridized carbons (Fsp3) is 0.357. The predicted octanol–water partition coefficient (Wildman–Crippen LogP) is 4.59. The highest BCUT2D eigenvalue weighted by molar-refractivity contribution is 6.08. The molecule has 0 radical (unpaired) electrons. The molecule has 2 N–H and O–H groups in total. The third-order valence-electron chi connectivity index (χ3n) is 6.85. The van der Waals surface area contributed by atoms with E-state index < -0.39 is 0 Å². The van der Waals surface area contributed by atoms with Crippen LogP contribution < -0.4 is 15.4 Å². The third kappa shape index (κ3) is 5.07. The molecule has 2 fully saturated rings. The van der Waals surface area contributed by atoms with Crippen LogP contribution in [0.2, 0.25) is 0 Å². The molecule has 1 aliphatic carbocycles. The SMILES string of the molecule is COc1ccccc1CN1CCC(NC(=O)c2cc3ccccc3cc2NC(=O)C2CC2)CC1. The molecule has 1 aliphatic heterocycles. The molecular weight excluding hydrogens is 426 g/mol. The van der Waals surface area contributed by atoms with Crippen molar-refractivity contribution in [2.24, 2.45) is 5.92 Å². The highest BCUT2D eigenvalue weighted by Crippen LogP contribution is 2.32. The zero-order chi connectivity index (χ0) is 23.5. The summed E-state index contributed by atoms with van der Waals surface area (Å²) < 4.78 is 5.48. The topological polar surface area (TPSA) is 70.7 Å². The normalized spacial score (nSPS) is 16.9. The van der Waals surface area contributed by atoms with Crippen LogP contribution in [0.5, 0.6) is 5.75 Å². The summed E-state index contributed by atoms with van der Waals surface area (Å²) in [6.45, 7) is 2.66. The molecule has 2 amide bonds. The number of likely N-dealkylation sites (tertiary alicyclic amines) is 1. The van der Waals surface area contributed by atoms with Gasteiger partial charge in [-0.05, 0) is 54.7 Å². The van der Waals surface area contributed by atoms with Crippen LogP contribution in [0.4, 0.5) is 5.69 Å². The van der Waals surface area contributed by atoms with Gasteiger partial charge < -0.3 is 15.4 Å². The summed E-state index contributed by atoms with van der Waals surface area (Å²) in [6.07, 6.45) is 3.62. The Hall–Kier alpha value is -3.38. The maximum Gasteiger partial charge on any atom is 0.253 e. The number of para-hydroxylation sites is 1. The van der Waals surface area contributed by atoms with E-state index in [9.17, 15) is 9.59 Å². The van der Waals surface area contributed by atoms with Gasteiger partial charge in [0.2, 0.25) is 5.91 Å². The lowest BCUT2D eigenvalue weighted by atomic mass is 10.0. The molecule has 0 bridgehead atoms. The molecule has 5 rings (SSSR count). The summed E-state index contributed by atoms with van der Waals surface area (Å²) in [5.74, 6) is 0.874. The van der Waals surface area contributed by atoms with Crippen LogP contribution in [0, 0.1) is 5.92 Å². The van der Waals surface area contributed by atoms with Crippen LogP contribution in [0.15, 0.2) is 60.7 Å². The Morgan fingerprint density at radius 1 is 0.941 bits per heavy atom. The van der Waals surface area contributed by atoms with Gasteiger partial charge in [0.25, 0.3) is 5.91 Å². The lowest BCUT2D eigenvalue weighted by Crippen LogP contribution is -2.44. The number of amides is 2. The molecule has 0 aromatic heterocycles. The molecule has 176 valence electrons. The van der Waals surface area contributed by atoms with Gasteiger partial charge in [-0.1, -0.05) is 42.5 Å². The minimum atomic E-state index is -0.125. The molecule has 6 heteroatoms. The van der Waals surface area contributed by atoms with Gasteiger partial charge in [0.1, 0.15) is 5.75 Å². The van der Waals surface area contributed by atoms with Crippen LogP contribution in [-0.4, -0.2) is 43.0 Å². The van der Waals surface area contributed by atoms with Crippen molar-refractivity contribution in [1.29, 1.82) is 0 Å². The van der Waals surface area contributed by atoms with E-state index in [-0.39, 0.29) is 23.8 Å². The van der Waals surface area contributed by atoms with Crippen molar-refractivity contribution in [2.75, 3.05) is 25.5 Å². The molecule has 1 saturated heterocycles. The number of carbonyl (C=O) groups excluding carboxylic acids is 2. The van der Waals surface area contributed by atoms with E-state index >= 15 is 0 Å². The summed E-state index contributed by atoms with van der Waals surface area (Å²) >= 11 is 0. The van der Waals surface area contributed by atoms with Crippen LogP contribution in [0.3, 0.4) is 0 Å². The second-order valence-electron chi connectivity index (χ2n) is 9.34. The number of nitrogens with zero attached hydrogens (tertiary/aromatic N) is 1. The Morgan fingerprint density at radius 2 is 1.62 bits per heavy atom. The number of carbonyl (C=O) groups is 2. The number of methoxy groups -OCH3 is 1. The number of benzene rings is 3. The average Bonchev–Trinajstić information content (AvgIpc) is 3.71. The van der Waals surface area contributed by atoms with Gasteiger partial charge >= 0.3 is 0 Å². The number of anilines is 1. The molecule has 0 unspecified atom stereocenters. The minimum Gasteiger partial charge on any atom is -0.496 e. The summed E-state index contributed by atoms with van der Waals surface area (Å²) in [6, 6.07) is 20.0. The molecule has 3 aromatic rings. The van der Waals surface area contributed by atoms with Gasteiger partial charge in [-0.3, -0.25) is 14.5 Å². The van der Waals surface area contributed by atoms with Crippen molar-refractivity contribution >= 4 is 28.3 Å². The molecule has 0 spiro atoms. The quantitative estimate of drug-likeness (QED) is 0.544. The minimum absolute atomic E-state index is 0.00831. The van der Waals surface area contributed by atoms with Crippen molar-refractivity contribution < 1.29 is 14.3 Å². The van der Waals surface area contributed by atoms with Crippen LogP contribution in [0.1, 0.15) is 41.6 Å². The largest absolute Gasteiger partial charge is 0.496 e. The number of hydrogen-bond acceptors (Lipinski definition) is 4. The van der Waals surface area contributed by atoms with Crippen molar-refractivity contribution in [2.45, 2.75) is 38.3 Å². The van der Waals surface area contributed by atoms with Gasteiger partial charge in [-0.15, -0.1) is 0 Å². The van der Waals surface area contributed by atoms with Gasteiger partial charge in [-0.2, -0.15) is 0 Å². The van der Waals surface area contributed by atoms with Gasteiger partial charge in [0.05, 0.1) is 18.4 Å². The van der Waals surface area contributed by atoms with Crippen LogP contribution in [0.25, 0.3) is 10.8 Å². The molecule has 2 aliphatic rings. The maximum absolute atomic E-state index is 13.3. The van der Waals surface area contributed by atoms with E-state index in [1.165, 1.54) is 5.56 Å². The van der Waals surface area contributed by atoms with Gasteiger partial charge in [0, 0.05) is 37.2 Å². The smallest absolute Gasteiger partial charge is 0.253 e. The Labute approximate surface area is 200 Å². The lowest BCUT2D eigenvalue weighted by Gasteiger charge is -2.32. The molecule has 34 heavy (non-hydrogen) atoms. The van der Waals surface area contributed by atoms with Crippen LogP contribution >= 0.6 is 0 Å². The monoisotopic (exact) mass is 457 g/mol. The first-order valence-electron chi connectivity index (χ1n) is 12.1. The van der Waals surface area contributed by atoms with Gasteiger partial charge in [0.15, 0.2) is 0 Å². The predicted molar refractivity (Wildman–Crippen MR) is 134 cm³/mol. The summed E-state index contributed by atoms with van der Waals surface area (Å²) in [4.78, 5) is 28.2. The summed E-state index contributed by atoms with van der Waals surface area (Å²) in [5, 5.41) is 8.23. The second kappa shape index (κ2) is 9.85. The summed E-state index contributed by atoms with van der Waals surface area (Å²) in [7, 11) is 1.70. The molecule has 0 atom stereocenters. The van der Waals surface area contributed by atoms with Crippen molar-refractivity contribution in [1.82, 2.24) is 10.2 Å². The van der Waals surface area contributed by atoms with Crippen molar-refractivity contribution in [3.05, 3.63) is 71.8 Å². The fourth-order valence-corrected chi connectivity index (χ4v) is 4.68. The Bertz CT molecular complexity index is 1200. The number of piperidine rings is 1. The van der Waals surface area contributed by atoms with Gasteiger partial charge in [-0.25, -0.2) is 0 Å². The first-order valence-corrected chi connectivity index (χ1v) is 12.1. The van der Waals surface area contributed by atoms with E-state index in [0.717, 1.165) is 61.8 Å². The average molecular weight is 458 g/mol. The number of hydrogen-bond donors (Lipinski definition) is 2. The molecule has 6 nitrogen and oxygen atoms in total. The molecule has 1 saturated carbocycles. The lowest BCUT2D eigenvalue weighted by molar-refractivity contribution is -0.117. The van der Waals surface area contributed by atoms with E-state index in [1.54, 1.807) is 7.11 Å². The number of ether oxygens (including phenoxy) is 1. The van der Waals surface area contributed by atoms with Crippen LogP contribution in [-0.2, 0) is 11.3 Å². The number of fused-ring (bicyclic) bond motifs is 1. The van der Waals surface area contributed by atoms with E-state index in [2.05, 4.69) is 21.6 Å². The summed E-state index contributed by atoms with van der Waals surface area (Å²) in [5.41, 5.74) is 2.31. The van der Waals surface area contributed by atoms with E-state index in [0.29, 0.717) is 11.3 Å². The molecular formula is C28H31N3O3. The maximum atomic E-state index is 13.3. The highest BCUT2D eigenvalue weighted by atomic mass is 16.5. The standard InChI is InChI=1S/C28H31N3O3/c1-34-26-9-5-4-8-22(26)18-31-14-12-23(13-15-31)29-28(33)24-16-20-6-2-3-7-21(20)17-25(24)30-27(32)19-10-11-19/h2-9,16-17,19,23H,10-15,18H2,1H3,(H,29,33)(H,30,32). The third-order valence-corrected chi connectivity index (χ3v) is 6.85. The van der Waals surface area contributed by atoms with E-state index in [1.807, 2.05) is 54.6 Å². The Morgan fingerprint density at radius 3 is 2.32 bits per heavy atom. The second-order valence-corrected chi connectivity index (χ2v) is 9.34. The highest BCUT2D eigenvalue weighted by Gasteiger charge is 2.31. The van der Waals surface area contributed by atoms with E-state index in [4.69, 9.17) is 4.74 Å². The molecule has 3 aromatic carbocycles. The zero-order valence-electron chi connectivity index (χ0n) is 19.5. The Kier molecular flexibility index (Phi) is 6.50. The number of rotatable bonds is 7. The first kappa shape index (κ1) is 22.4. The van der Waals surface area contributed by atoms with Crippen molar-refractivity contribution in [3.8, 4) is 5.75 Å². The fourth-order valence-electron chi connectivity index (χ4n) is 4.68. The Balaban J connectivity index is 1.25.